The number of pyridine rings is 1. The minimum atomic E-state index is -1.64. The summed E-state index contributed by atoms with van der Waals surface area (Å²) in [6.07, 6.45) is -0.525. The number of carboxylic acids is 1. The van der Waals surface area contributed by atoms with Crippen LogP contribution in [0.1, 0.15) is 46.8 Å². The summed E-state index contributed by atoms with van der Waals surface area (Å²) in [5.74, 6) is -1.82. The van der Waals surface area contributed by atoms with Crippen LogP contribution < -0.4 is 0 Å². The van der Waals surface area contributed by atoms with Gasteiger partial charge in [-0.15, -0.1) is 0 Å². The molecule has 0 amide bonds. The molecule has 0 spiro atoms. The summed E-state index contributed by atoms with van der Waals surface area (Å²) in [7, 11) is 0. The van der Waals surface area contributed by atoms with Crippen molar-refractivity contribution in [1.29, 1.82) is 0 Å². The minimum Gasteiger partial charge on any atom is -0.478 e. The first-order valence-corrected chi connectivity index (χ1v) is 5.99. The average Bonchev–Trinajstić information content (AvgIpc) is 2.33. The van der Waals surface area contributed by atoms with E-state index >= 15 is 0 Å². The van der Waals surface area contributed by atoms with Gasteiger partial charge in [0.25, 0.3) is 0 Å². The van der Waals surface area contributed by atoms with E-state index in [-0.39, 0.29) is 12.0 Å². The molecule has 1 aromatic rings. The quantitative estimate of drug-likeness (QED) is 0.883. The van der Waals surface area contributed by atoms with Crippen LogP contribution >= 0.6 is 0 Å². The normalized spacial score (nSPS) is 28.1. The van der Waals surface area contributed by atoms with Gasteiger partial charge in [0, 0.05) is 17.8 Å². The Hall–Kier alpha value is -1.52. The number of carbonyl (C=O) groups is 1. The summed E-state index contributed by atoms with van der Waals surface area (Å²) in [5, 5.41) is 9.13. The zero-order chi connectivity index (χ0) is 13.3. The number of alkyl halides is 2. The maximum atomic E-state index is 14.0. The number of nitrogens with zero attached hydrogens (tertiary/aromatic N) is 1. The predicted molar refractivity (Wildman–Crippen MR) is 62.3 cm³/mol. The van der Waals surface area contributed by atoms with Gasteiger partial charge in [0.2, 0.25) is 0 Å². The Balaban J connectivity index is 2.46. The molecule has 1 aromatic heterocycles. The van der Waals surface area contributed by atoms with Crippen molar-refractivity contribution < 1.29 is 18.7 Å². The van der Waals surface area contributed by atoms with Crippen molar-refractivity contribution in [2.24, 2.45) is 0 Å². The van der Waals surface area contributed by atoms with Crippen molar-refractivity contribution in [3.05, 3.63) is 29.1 Å². The molecular formula is C13H15F2NO2. The van der Waals surface area contributed by atoms with Crippen molar-refractivity contribution in [2.45, 2.75) is 44.4 Å². The molecule has 1 fully saturated rings. The Morgan fingerprint density at radius 1 is 1.44 bits per heavy atom. The lowest BCUT2D eigenvalue weighted by Gasteiger charge is -2.30. The summed E-state index contributed by atoms with van der Waals surface area (Å²) in [5.41, 5.74) is 0.848. The van der Waals surface area contributed by atoms with Gasteiger partial charge in [0.15, 0.2) is 0 Å². The van der Waals surface area contributed by atoms with Crippen molar-refractivity contribution in [3.63, 3.8) is 0 Å². The van der Waals surface area contributed by atoms with Gasteiger partial charge in [-0.2, -0.15) is 0 Å². The van der Waals surface area contributed by atoms with Crippen molar-refractivity contribution >= 4 is 5.97 Å². The number of aromatic carboxylic acids is 1. The fourth-order valence-corrected chi connectivity index (χ4v) is 2.64. The molecular weight excluding hydrogens is 240 g/mol. The topological polar surface area (TPSA) is 50.2 Å². The third-order valence-corrected chi connectivity index (χ3v) is 3.52. The van der Waals surface area contributed by atoms with E-state index < -0.39 is 24.2 Å². The Morgan fingerprint density at radius 2 is 2.17 bits per heavy atom. The average molecular weight is 255 g/mol. The Morgan fingerprint density at radius 3 is 2.83 bits per heavy atom. The number of hydrogen-bond acceptors (Lipinski definition) is 2. The molecule has 0 bridgehead atoms. The van der Waals surface area contributed by atoms with E-state index in [9.17, 15) is 13.6 Å². The van der Waals surface area contributed by atoms with E-state index in [1.54, 1.807) is 6.92 Å². The smallest absolute Gasteiger partial charge is 0.336 e. The Kier molecular flexibility index (Phi) is 3.59. The molecule has 3 nitrogen and oxygen atoms in total. The molecule has 1 saturated carbocycles. The molecule has 0 aliphatic heterocycles. The van der Waals surface area contributed by atoms with Crippen LogP contribution in [0, 0.1) is 6.92 Å². The van der Waals surface area contributed by atoms with Crippen molar-refractivity contribution in [1.82, 2.24) is 4.98 Å². The standard InChI is InChI=1S/C13H15F2NO2/c1-7-11(9(13(17)18)5-6-16-7)8-3-2-4-10(14)12(8)15/h5-6,8,10,12H,2-4H2,1H3,(H,17,18). The third-order valence-electron chi connectivity index (χ3n) is 3.52. The highest BCUT2D eigenvalue weighted by molar-refractivity contribution is 5.89. The molecule has 0 aromatic carbocycles. The molecule has 5 heteroatoms. The van der Waals surface area contributed by atoms with Gasteiger partial charge < -0.3 is 5.11 Å². The van der Waals surface area contributed by atoms with Gasteiger partial charge in [0.1, 0.15) is 12.3 Å². The maximum Gasteiger partial charge on any atom is 0.336 e. The van der Waals surface area contributed by atoms with Gasteiger partial charge in [0.05, 0.1) is 5.56 Å². The van der Waals surface area contributed by atoms with E-state index in [1.807, 2.05) is 0 Å². The molecule has 1 aliphatic carbocycles. The summed E-state index contributed by atoms with van der Waals surface area (Å²) >= 11 is 0. The highest BCUT2D eigenvalue weighted by atomic mass is 19.2. The molecule has 1 heterocycles. The van der Waals surface area contributed by atoms with Crippen LogP contribution in [0.5, 0.6) is 0 Å². The fourth-order valence-electron chi connectivity index (χ4n) is 2.64. The zero-order valence-electron chi connectivity index (χ0n) is 10.1. The second kappa shape index (κ2) is 5.00. The SMILES string of the molecule is Cc1nccc(C(=O)O)c1C1CCCC(F)C1F. The largest absolute Gasteiger partial charge is 0.478 e. The number of rotatable bonds is 2. The second-order valence-electron chi connectivity index (χ2n) is 4.66. The van der Waals surface area contributed by atoms with Crippen LogP contribution in [0.4, 0.5) is 8.78 Å². The first-order chi connectivity index (χ1) is 8.52. The van der Waals surface area contributed by atoms with E-state index in [0.29, 0.717) is 24.1 Å². The van der Waals surface area contributed by atoms with E-state index in [2.05, 4.69) is 4.98 Å². The first-order valence-electron chi connectivity index (χ1n) is 5.99. The van der Waals surface area contributed by atoms with Crippen LogP contribution in [0.2, 0.25) is 0 Å². The number of carboxylic acid groups (broad SMARTS) is 1. The predicted octanol–water partition coefficient (Wildman–Crippen LogP) is 3.03. The molecule has 3 atom stereocenters. The lowest BCUT2D eigenvalue weighted by Crippen LogP contribution is -2.31. The molecule has 3 unspecified atom stereocenters. The van der Waals surface area contributed by atoms with Gasteiger partial charge in [-0.3, -0.25) is 4.98 Å². The molecule has 1 N–H and O–H groups in total. The summed E-state index contributed by atoms with van der Waals surface area (Å²) in [6.45, 7) is 1.64. The molecule has 2 rings (SSSR count). The van der Waals surface area contributed by atoms with Crippen LogP contribution in [-0.2, 0) is 0 Å². The monoisotopic (exact) mass is 255 g/mol. The minimum absolute atomic E-state index is 0.0317. The number of aromatic nitrogens is 1. The van der Waals surface area contributed by atoms with Gasteiger partial charge in [-0.25, -0.2) is 13.6 Å². The molecule has 0 saturated heterocycles. The van der Waals surface area contributed by atoms with Crippen LogP contribution in [0.25, 0.3) is 0 Å². The fraction of sp³-hybridized carbons (Fsp3) is 0.538. The Labute approximate surface area is 104 Å². The van der Waals surface area contributed by atoms with E-state index in [0.717, 1.165) is 0 Å². The lowest BCUT2D eigenvalue weighted by molar-refractivity contribution is 0.0686. The summed E-state index contributed by atoms with van der Waals surface area (Å²) < 4.78 is 27.4. The van der Waals surface area contributed by atoms with Gasteiger partial charge in [-0.1, -0.05) is 0 Å². The number of aryl methyl sites for hydroxylation is 1. The molecule has 1 aliphatic rings. The third kappa shape index (κ3) is 2.21. The molecule has 98 valence electrons. The van der Waals surface area contributed by atoms with Crippen molar-refractivity contribution in [2.75, 3.05) is 0 Å². The Bertz CT molecular complexity index is 464. The molecule has 18 heavy (non-hydrogen) atoms. The molecule has 0 radical (unpaired) electrons. The van der Waals surface area contributed by atoms with Gasteiger partial charge in [-0.05, 0) is 37.8 Å². The van der Waals surface area contributed by atoms with E-state index in [1.165, 1.54) is 12.3 Å². The first kappa shape index (κ1) is 12.9. The summed E-state index contributed by atoms with van der Waals surface area (Å²) in [4.78, 5) is 15.2. The number of halogens is 2. The lowest BCUT2D eigenvalue weighted by atomic mass is 9.79. The second-order valence-corrected chi connectivity index (χ2v) is 4.66. The maximum absolute atomic E-state index is 14.0. The van der Waals surface area contributed by atoms with E-state index in [4.69, 9.17) is 5.11 Å². The highest BCUT2D eigenvalue weighted by Gasteiger charge is 2.37. The van der Waals surface area contributed by atoms with Crippen LogP contribution in [0.15, 0.2) is 12.3 Å². The van der Waals surface area contributed by atoms with Crippen LogP contribution in [-0.4, -0.2) is 28.4 Å². The van der Waals surface area contributed by atoms with Crippen molar-refractivity contribution in [3.8, 4) is 0 Å². The van der Waals surface area contributed by atoms with Crippen LogP contribution in [0.3, 0.4) is 0 Å². The highest BCUT2D eigenvalue weighted by Crippen LogP contribution is 2.39. The summed E-state index contributed by atoms with van der Waals surface area (Å²) in [6, 6.07) is 1.35. The van der Waals surface area contributed by atoms with Gasteiger partial charge >= 0.3 is 5.97 Å². The zero-order valence-corrected chi connectivity index (χ0v) is 10.1. The number of hydrogen-bond donors (Lipinski definition) is 1.